The molecule has 17 heavy (non-hydrogen) atoms. The van der Waals surface area contributed by atoms with E-state index in [0.29, 0.717) is 12.3 Å². The second kappa shape index (κ2) is 7.00. The van der Waals surface area contributed by atoms with Crippen LogP contribution in [0.4, 0.5) is 0 Å². The quantitative estimate of drug-likeness (QED) is 0.776. The molecule has 100 valence electrons. The molecule has 1 rings (SSSR count). The van der Waals surface area contributed by atoms with Crippen LogP contribution in [0, 0.1) is 5.92 Å². The van der Waals surface area contributed by atoms with Crippen molar-refractivity contribution in [2.75, 3.05) is 6.54 Å². The molecule has 0 aliphatic carbocycles. The summed E-state index contributed by atoms with van der Waals surface area (Å²) >= 11 is 0. The average Bonchev–Trinajstić information content (AvgIpc) is 2.65. The largest absolute Gasteiger partial charge is 0.393 e. The van der Waals surface area contributed by atoms with Crippen molar-refractivity contribution in [3.8, 4) is 0 Å². The molecule has 1 heterocycles. The van der Waals surface area contributed by atoms with Crippen molar-refractivity contribution in [1.29, 1.82) is 0 Å². The summed E-state index contributed by atoms with van der Waals surface area (Å²) in [6.07, 6.45) is 5.51. The highest BCUT2D eigenvalue weighted by molar-refractivity contribution is 5.77. The zero-order valence-corrected chi connectivity index (χ0v) is 11.5. The van der Waals surface area contributed by atoms with Gasteiger partial charge in [-0.2, -0.15) is 0 Å². The molecule has 0 spiro atoms. The van der Waals surface area contributed by atoms with Gasteiger partial charge in [0.2, 0.25) is 5.91 Å². The second-order valence-corrected chi connectivity index (χ2v) is 5.57. The van der Waals surface area contributed by atoms with Gasteiger partial charge in [0.15, 0.2) is 0 Å². The van der Waals surface area contributed by atoms with Gasteiger partial charge in [-0.1, -0.05) is 26.7 Å². The molecule has 1 aliphatic heterocycles. The number of aliphatic hydroxyl groups excluding tert-OH is 1. The lowest BCUT2D eigenvalue weighted by molar-refractivity contribution is -0.133. The average molecular weight is 241 g/mol. The Morgan fingerprint density at radius 2 is 2.18 bits per heavy atom. The van der Waals surface area contributed by atoms with Gasteiger partial charge in [0.25, 0.3) is 0 Å². The van der Waals surface area contributed by atoms with Gasteiger partial charge in [-0.25, -0.2) is 0 Å². The third-order valence-corrected chi connectivity index (χ3v) is 3.62. The van der Waals surface area contributed by atoms with Crippen LogP contribution < -0.4 is 0 Å². The van der Waals surface area contributed by atoms with Crippen LogP contribution in [0.3, 0.4) is 0 Å². The lowest BCUT2D eigenvalue weighted by Gasteiger charge is -2.27. The van der Waals surface area contributed by atoms with Crippen LogP contribution >= 0.6 is 0 Å². The Hall–Kier alpha value is -0.570. The Balaban J connectivity index is 2.44. The summed E-state index contributed by atoms with van der Waals surface area (Å²) in [6.45, 7) is 7.00. The van der Waals surface area contributed by atoms with E-state index in [1.807, 2.05) is 4.90 Å². The fourth-order valence-electron chi connectivity index (χ4n) is 2.81. The van der Waals surface area contributed by atoms with Crippen molar-refractivity contribution >= 4 is 5.91 Å². The molecule has 3 nitrogen and oxygen atoms in total. The topological polar surface area (TPSA) is 40.5 Å². The Kier molecular flexibility index (Phi) is 5.96. The number of hydrogen-bond acceptors (Lipinski definition) is 2. The molecular weight excluding hydrogens is 214 g/mol. The summed E-state index contributed by atoms with van der Waals surface area (Å²) in [5, 5.41) is 9.44. The molecule has 3 atom stereocenters. The third kappa shape index (κ3) is 4.66. The smallest absolute Gasteiger partial charge is 0.223 e. The summed E-state index contributed by atoms with van der Waals surface area (Å²) in [4.78, 5) is 14.2. The van der Waals surface area contributed by atoms with Gasteiger partial charge in [-0.3, -0.25) is 4.79 Å². The Labute approximate surface area is 105 Å². The molecule has 1 fully saturated rings. The summed E-state index contributed by atoms with van der Waals surface area (Å²) in [5.41, 5.74) is 0. The minimum absolute atomic E-state index is 0.274. The monoisotopic (exact) mass is 241 g/mol. The summed E-state index contributed by atoms with van der Waals surface area (Å²) < 4.78 is 0. The van der Waals surface area contributed by atoms with E-state index in [9.17, 15) is 9.90 Å². The fourth-order valence-corrected chi connectivity index (χ4v) is 2.81. The number of carbonyl (C=O) groups excluding carboxylic acids is 1. The predicted octanol–water partition coefficient (Wildman–Crippen LogP) is 2.57. The van der Waals surface area contributed by atoms with Crippen LogP contribution in [0.1, 0.15) is 59.3 Å². The van der Waals surface area contributed by atoms with Crippen LogP contribution in [0.15, 0.2) is 0 Å². The van der Waals surface area contributed by atoms with Crippen LogP contribution in [0.5, 0.6) is 0 Å². The molecule has 3 unspecified atom stereocenters. The van der Waals surface area contributed by atoms with E-state index >= 15 is 0 Å². The van der Waals surface area contributed by atoms with E-state index in [0.717, 1.165) is 38.6 Å². The minimum atomic E-state index is -0.304. The first-order chi connectivity index (χ1) is 8.04. The van der Waals surface area contributed by atoms with Crippen molar-refractivity contribution in [2.45, 2.75) is 71.4 Å². The first-order valence-electron chi connectivity index (χ1n) is 7.02. The lowest BCUT2D eigenvalue weighted by atomic mass is 10.0. The summed E-state index contributed by atoms with van der Waals surface area (Å²) in [5.74, 6) is 0.773. The summed E-state index contributed by atoms with van der Waals surface area (Å²) in [7, 11) is 0. The Morgan fingerprint density at radius 1 is 1.47 bits per heavy atom. The number of amides is 1. The highest BCUT2D eigenvalue weighted by Gasteiger charge is 2.29. The van der Waals surface area contributed by atoms with Crippen LogP contribution in [-0.4, -0.2) is 34.6 Å². The standard InChI is InChI=1S/C14H27NO2/c1-4-6-11(2)9-14(17)15-8-5-7-13(15)10-12(3)16/h11-13,16H,4-10H2,1-3H3. The van der Waals surface area contributed by atoms with E-state index in [2.05, 4.69) is 13.8 Å². The number of nitrogens with zero attached hydrogens (tertiary/aromatic N) is 1. The summed E-state index contributed by atoms with van der Waals surface area (Å²) in [6, 6.07) is 0.274. The van der Waals surface area contributed by atoms with E-state index in [1.54, 1.807) is 6.92 Å². The first-order valence-corrected chi connectivity index (χ1v) is 7.02. The van der Waals surface area contributed by atoms with Gasteiger partial charge < -0.3 is 10.0 Å². The molecule has 1 saturated heterocycles. The predicted molar refractivity (Wildman–Crippen MR) is 69.7 cm³/mol. The SMILES string of the molecule is CCCC(C)CC(=O)N1CCCC1CC(C)O. The number of aliphatic hydroxyl groups is 1. The van der Waals surface area contributed by atoms with E-state index in [1.165, 1.54) is 0 Å². The van der Waals surface area contributed by atoms with Crippen molar-refractivity contribution in [2.24, 2.45) is 5.92 Å². The normalized spacial score (nSPS) is 23.8. The van der Waals surface area contributed by atoms with E-state index in [4.69, 9.17) is 0 Å². The molecule has 1 N–H and O–H groups in total. The molecule has 0 aromatic heterocycles. The maximum absolute atomic E-state index is 12.2. The Bertz CT molecular complexity index is 240. The van der Waals surface area contributed by atoms with Crippen LogP contribution in [0.2, 0.25) is 0 Å². The van der Waals surface area contributed by atoms with Gasteiger partial charge >= 0.3 is 0 Å². The first kappa shape index (κ1) is 14.5. The molecular formula is C14H27NO2. The maximum Gasteiger partial charge on any atom is 0.223 e. The molecule has 1 aliphatic rings. The second-order valence-electron chi connectivity index (χ2n) is 5.57. The lowest BCUT2D eigenvalue weighted by Crippen LogP contribution is -2.37. The van der Waals surface area contributed by atoms with Gasteiger partial charge in [0.1, 0.15) is 0 Å². The molecule has 0 saturated carbocycles. The number of likely N-dealkylation sites (tertiary alicyclic amines) is 1. The van der Waals surface area contributed by atoms with Gasteiger partial charge in [-0.05, 0) is 32.1 Å². The van der Waals surface area contributed by atoms with Crippen molar-refractivity contribution in [1.82, 2.24) is 4.90 Å². The molecule has 0 radical (unpaired) electrons. The number of hydrogen-bond donors (Lipinski definition) is 1. The van der Waals surface area contributed by atoms with Crippen molar-refractivity contribution in [3.63, 3.8) is 0 Å². The highest BCUT2D eigenvalue weighted by atomic mass is 16.3. The van der Waals surface area contributed by atoms with E-state index in [-0.39, 0.29) is 18.1 Å². The third-order valence-electron chi connectivity index (χ3n) is 3.62. The van der Waals surface area contributed by atoms with Crippen molar-refractivity contribution < 1.29 is 9.90 Å². The van der Waals surface area contributed by atoms with Crippen molar-refractivity contribution in [3.05, 3.63) is 0 Å². The van der Waals surface area contributed by atoms with Gasteiger partial charge in [-0.15, -0.1) is 0 Å². The zero-order chi connectivity index (χ0) is 12.8. The number of rotatable bonds is 6. The molecule has 0 aromatic rings. The van der Waals surface area contributed by atoms with Crippen LogP contribution in [-0.2, 0) is 4.79 Å². The molecule has 3 heteroatoms. The molecule has 0 bridgehead atoms. The van der Waals surface area contributed by atoms with Gasteiger partial charge in [0, 0.05) is 19.0 Å². The maximum atomic E-state index is 12.2. The van der Waals surface area contributed by atoms with Crippen LogP contribution in [0.25, 0.3) is 0 Å². The highest BCUT2D eigenvalue weighted by Crippen LogP contribution is 2.24. The molecule has 0 aromatic carbocycles. The van der Waals surface area contributed by atoms with Gasteiger partial charge in [0.05, 0.1) is 6.10 Å². The zero-order valence-electron chi connectivity index (χ0n) is 11.5. The fraction of sp³-hybridized carbons (Fsp3) is 0.929. The molecule has 1 amide bonds. The van der Waals surface area contributed by atoms with E-state index < -0.39 is 0 Å². The Morgan fingerprint density at radius 3 is 2.76 bits per heavy atom. The number of carbonyl (C=O) groups is 1. The minimum Gasteiger partial charge on any atom is -0.393 e.